The van der Waals surface area contributed by atoms with Crippen LogP contribution in [-0.4, -0.2) is 18.1 Å². The first-order valence-corrected chi connectivity index (χ1v) is 10.3. The molecule has 1 N–H and O–H groups in total. The number of fused-ring (bicyclic) bond motifs is 1. The van der Waals surface area contributed by atoms with Crippen molar-refractivity contribution in [3.63, 3.8) is 0 Å². The van der Waals surface area contributed by atoms with E-state index in [1.165, 1.54) is 25.3 Å². The van der Waals surface area contributed by atoms with Gasteiger partial charge < -0.3 is 5.11 Å². The van der Waals surface area contributed by atoms with E-state index in [0.29, 0.717) is 16.7 Å². The molecule has 0 spiro atoms. The van der Waals surface area contributed by atoms with Crippen molar-refractivity contribution in [2.24, 2.45) is 0 Å². The van der Waals surface area contributed by atoms with Crippen LogP contribution < -0.4 is 5.06 Å². The second kappa shape index (κ2) is 7.66. The predicted molar refractivity (Wildman–Crippen MR) is 119 cm³/mol. The molecule has 0 radical (unpaired) electrons. The lowest BCUT2D eigenvalue weighted by atomic mass is 9.78. The maximum Gasteiger partial charge on any atom is 0.417 e. The largest absolute Gasteiger partial charge is 0.507 e. The highest BCUT2D eigenvalue weighted by atomic mass is 19.4. The van der Waals surface area contributed by atoms with Crippen LogP contribution in [0.4, 0.5) is 18.9 Å². The third kappa shape index (κ3) is 4.13. The highest BCUT2D eigenvalue weighted by Gasteiger charge is 2.42. The highest BCUT2D eigenvalue weighted by molar-refractivity contribution is 6.35. The topological polar surface area (TPSA) is 49.8 Å². The van der Waals surface area contributed by atoms with Gasteiger partial charge in [0.25, 0.3) is 5.91 Å². The summed E-state index contributed by atoms with van der Waals surface area (Å²) >= 11 is 0. The summed E-state index contributed by atoms with van der Waals surface area (Å²) in [5.41, 5.74) is -0.205. The minimum atomic E-state index is -4.64. The van der Waals surface area contributed by atoms with Crippen LogP contribution in [0.3, 0.4) is 0 Å². The van der Waals surface area contributed by atoms with Crippen molar-refractivity contribution in [3.8, 4) is 5.75 Å². The number of carbonyl (C=O) groups excluding carboxylic acids is 1. The summed E-state index contributed by atoms with van der Waals surface area (Å²) in [6, 6.07) is 7.06. The van der Waals surface area contributed by atoms with Gasteiger partial charge >= 0.3 is 6.18 Å². The molecule has 32 heavy (non-hydrogen) atoms. The fourth-order valence-corrected chi connectivity index (χ4v) is 3.92. The first-order valence-electron chi connectivity index (χ1n) is 10.3. The molecule has 0 saturated heterocycles. The number of aromatic hydroxyl groups is 1. The summed E-state index contributed by atoms with van der Waals surface area (Å²) in [5, 5.41) is 11.8. The summed E-state index contributed by atoms with van der Waals surface area (Å²) in [4.78, 5) is 18.1. The van der Waals surface area contributed by atoms with Crippen molar-refractivity contribution in [1.29, 1.82) is 0 Å². The van der Waals surface area contributed by atoms with Crippen LogP contribution in [0.2, 0.25) is 0 Å². The third-order valence-corrected chi connectivity index (χ3v) is 5.49. The summed E-state index contributed by atoms with van der Waals surface area (Å²) in [6.07, 6.45) is -3.20. The van der Waals surface area contributed by atoms with Crippen LogP contribution in [0.1, 0.15) is 69.4 Å². The molecule has 0 unspecified atom stereocenters. The molecule has 2 aromatic carbocycles. The number of halogens is 3. The fourth-order valence-electron chi connectivity index (χ4n) is 3.92. The lowest BCUT2D eigenvalue weighted by Crippen LogP contribution is -2.24. The van der Waals surface area contributed by atoms with Gasteiger partial charge in [0.15, 0.2) is 0 Å². The monoisotopic (exact) mass is 447 g/mol. The second-order valence-electron chi connectivity index (χ2n) is 10.0. The summed E-state index contributed by atoms with van der Waals surface area (Å²) in [6.45, 7) is 11.6. The average molecular weight is 447 g/mol. The molecule has 3 rings (SSSR count). The lowest BCUT2D eigenvalue weighted by Gasteiger charge is -2.28. The molecule has 0 atom stereocenters. The summed E-state index contributed by atoms with van der Waals surface area (Å²) in [7, 11) is 1.24. The van der Waals surface area contributed by atoms with Crippen molar-refractivity contribution < 1.29 is 27.9 Å². The maximum absolute atomic E-state index is 13.8. The number of benzene rings is 2. The molecule has 1 heterocycles. The number of alkyl halides is 3. The molecular weight excluding hydrogens is 419 g/mol. The van der Waals surface area contributed by atoms with Crippen molar-refractivity contribution in [2.45, 2.75) is 58.5 Å². The van der Waals surface area contributed by atoms with E-state index >= 15 is 0 Å². The molecule has 1 amide bonds. The molecule has 1 aliphatic rings. The molecule has 0 bridgehead atoms. The molecule has 1 aliphatic heterocycles. The van der Waals surface area contributed by atoms with Gasteiger partial charge in [0.1, 0.15) is 5.75 Å². The number of hydroxylamine groups is 1. The van der Waals surface area contributed by atoms with Crippen LogP contribution in [0.5, 0.6) is 5.75 Å². The Hall–Kier alpha value is -2.80. The lowest BCUT2D eigenvalue weighted by molar-refractivity contribution is -0.137. The molecule has 0 fully saturated rings. The zero-order valence-corrected chi connectivity index (χ0v) is 19.3. The van der Waals surface area contributed by atoms with E-state index in [1.807, 2.05) is 41.5 Å². The van der Waals surface area contributed by atoms with Gasteiger partial charge in [-0.2, -0.15) is 18.2 Å². The van der Waals surface area contributed by atoms with Gasteiger partial charge in [-0.05, 0) is 46.7 Å². The van der Waals surface area contributed by atoms with Gasteiger partial charge in [-0.15, -0.1) is 0 Å². The number of phenols is 1. The van der Waals surface area contributed by atoms with E-state index in [0.717, 1.165) is 11.1 Å². The fraction of sp³-hybridized carbons (Fsp3) is 0.400. The number of anilines is 1. The predicted octanol–water partition coefficient (Wildman–Crippen LogP) is 6.45. The molecule has 7 heteroatoms. The average Bonchev–Trinajstić information content (AvgIpc) is 2.91. The van der Waals surface area contributed by atoms with Gasteiger partial charge in [-0.3, -0.25) is 9.63 Å². The quantitative estimate of drug-likeness (QED) is 0.538. The molecular formula is C25H28F3NO3. The number of hydrogen-bond acceptors (Lipinski definition) is 3. The van der Waals surface area contributed by atoms with Gasteiger partial charge in [0.2, 0.25) is 0 Å². The minimum absolute atomic E-state index is 0.0458. The van der Waals surface area contributed by atoms with Crippen molar-refractivity contribution >= 4 is 23.2 Å². The van der Waals surface area contributed by atoms with Gasteiger partial charge in [-0.25, -0.2) is 0 Å². The third-order valence-electron chi connectivity index (χ3n) is 5.49. The smallest absolute Gasteiger partial charge is 0.417 e. The molecule has 2 aromatic rings. The standard InChI is InChI=1S/C25H28F3NO3/c1-23(2,3)17-12-14(13-18(21(17)30)24(4,5)6)11-15-20-16(25(26,27)28)9-8-10-19(20)29(32-7)22(15)31/h8-13,30H,1-7H3. The van der Waals surface area contributed by atoms with Gasteiger partial charge in [0, 0.05) is 16.7 Å². The van der Waals surface area contributed by atoms with Crippen LogP contribution >= 0.6 is 0 Å². The highest BCUT2D eigenvalue weighted by Crippen LogP contribution is 2.46. The Morgan fingerprint density at radius 1 is 0.938 bits per heavy atom. The van der Waals surface area contributed by atoms with E-state index in [2.05, 4.69) is 0 Å². The molecule has 0 saturated carbocycles. The van der Waals surface area contributed by atoms with Crippen molar-refractivity contribution in [1.82, 2.24) is 0 Å². The van der Waals surface area contributed by atoms with E-state index in [1.54, 1.807) is 12.1 Å². The van der Waals surface area contributed by atoms with E-state index in [4.69, 9.17) is 4.84 Å². The van der Waals surface area contributed by atoms with Crippen LogP contribution in [-0.2, 0) is 26.6 Å². The van der Waals surface area contributed by atoms with Crippen LogP contribution in [0.25, 0.3) is 11.6 Å². The summed E-state index contributed by atoms with van der Waals surface area (Å²) in [5.74, 6) is -0.526. The molecule has 4 nitrogen and oxygen atoms in total. The minimum Gasteiger partial charge on any atom is -0.507 e. The Morgan fingerprint density at radius 3 is 1.91 bits per heavy atom. The second-order valence-corrected chi connectivity index (χ2v) is 10.0. The molecule has 172 valence electrons. The van der Waals surface area contributed by atoms with Gasteiger partial charge in [-0.1, -0.05) is 47.6 Å². The van der Waals surface area contributed by atoms with Crippen molar-refractivity contribution in [3.05, 3.63) is 58.1 Å². The maximum atomic E-state index is 13.8. The van der Waals surface area contributed by atoms with Crippen LogP contribution in [0.15, 0.2) is 30.3 Å². The Kier molecular flexibility index (Phi) is 5.71. The normalized spacial score (nSPS) is 16.1. The Bertz CT molecular complexity index is 1070. The number of nitrogens with zero attached hydrogens (tertiary/aromatic N) is 1. The Morgan fingerprint density at radius 2 is 1.47 bits per heavy atom. The molecule has 0 aromatic heterocycles. The number of phenolic OH excluding ortho intramolecular Hbond substituents is 1. The van der Waals surface area contributed by atoms with Crippen molar-refractivity contribution in [2.75, 3.05) is 12.2 Å². The number of carbonyl (C=O) groups is 1. The zero-order valence-electron chi connectivity index (χ0n) is 19.3. The number of amides is 1. The Labute approximate surface area is 186 Å². The number of rotatable bonds is 2. The first kappa shape index (κ1) is 23.9. The summed E-state index contributed by atoms with van der Waals surface area (Å²) < 4.78 is 41.3. The van der Waals surface area contributed by atoms with E-state index in [9.17, 15) is 23.1 Å². The zero-order chi connectivity index (χ0) is 24.2. The molecule has 0 aliphatic carbocycles. The van der Waals surface area contributed by atoms with E-state index in [-0.39, 0.29) is 22.6 Å². The van der Waals surface area contributed by atoms with Crippen LogP contribution in [0, 0.1) is 0 Å². The SMILES string of the molecule is CON1C(=O)C(=Cc2cc(C(C)(C)C)c(O)c(C(C)(C)C)c2)c2c1cccc2C(F)(F)F. The Balaban J connectivity index is 2.34. The number of hydrogen-bond donors (Lipinski definition) is 1. The first-order chi connectivity index (χ1) is 14.6. The van der Waals surface area contributed by atoms with E-state index < -0.39 is 28.5 Å². The van der Waals surface area contributed by atoms with Gasteiger partial charge in [0.05, 0.1) is 23.9 Å².